The van der Waals surface area contributed by atoms with Crippen molar-refractivity contribution in [1.29, 1.82) is 0 Å². The smallest absolute Gasteiger partial charge is 0.146 e. The van der Waals surface area contributed by atoms with E-state index in [0.717, 1.165) is 22.2 Å². The van der Waals surface area contributed by atoms with Gasteiger partial charge >= 0.3 is 0 Å². The third-order valence-electron chi connectivity index (χ3n) is 5.31. The second-order valence-corrected chi connectivity index (χ2v) is 7.38. The molecule has 5 heteroatoms. The maximum Gasteiger partial charge on any atom is 0.146 e. The Bertz CT molecular complexity index is 684. The maximum absolute atomic E-state index is 13.0. The number of halogens is 1. The number of carbonyl (C=O) groups excluding carboxylic acids is 1. The molecule has 2 aliphatic heterocycles. The van der Waals surface area contributed by atoms with Crippen molar-refractivity contribution in [3.05, 3.63) is 39.9 Å². The van der Waals surface area contributed by atoms with Gasteiger partial charge in [0.05, 0.1) is 31.8 Å². The van der Waals surface area contributed by atoms with Crippen molar-refractivity contribution in [2.24, 2.45) is 11.8 Å². The average Bonchev–Trinajstić information content (AvgIpc) is 3.19. The normalized spacial score (nSPS) is 34.7. The highest BCUT2D eigenvalue weighted by Crippen LogP contribution is 2.54. The van der Waals surface area contributed by atoms with Gasteiger partial charge in [0, 0.05) is 29.0 Å². The van der Waals surface area contributed by atoms with E-state index in [-0.39, 0.29) is 35.7 Å². The highest BCUT2D eigenvalue weighted by atomic mass is 79.9. The van der Waals surface area contributed by atoms with Crippen molar-refractivity contribution in [2.75, 3.05) is 20.8 Å². The zero-order valence-electron chi connectivity index (χ0n) is 13.1. The number of ether oxygens (including phenoxy) is 3. The lowest BCUT2D eigenvalue weighted by Crippen LogP contribution is -2.27. The van der Waals surface area contributed by atoms with Gasteiger partial charge in [0.2, 0.25) is 0 Å². The Kier molecular flexibility index (Phi) is 3.82. The van der Waals surface area contributed by atoms with Gasteiger partial charge in [0.1, 0.15) is 11.5 Å². The summed E-state index contributed by atoms with van der Waals surface area (Å²) in [6, 6.07) is 5.90. The van der Waals surface area contributed by atoms with E-state index in [1.807, 2.05) is 18.2 Å². The molecule has 0 spiro atoms. The van der Waals surface area contributed by atoms with Crippen LogP contribution < -0.4 is 4.74 Å². The van der Waals surface area contributed by atoms with Crippen LogP contribution in [0.25, 0.3) is 0 Å². The van der Waals surface area contributed by atoms with Crippen LogP contribution in [0.4, 0.5) is 0 Å². The first-order valence-electron chi connectivity index (χ1n) is 7.86. The van der Waals surface area contributed by atoms with Crippen LogP contribution in [-0.4, -0.2) is 38.8 Å². The molecule has 4 nitrogen and oxygen atoms in total. The predicted molar refractivity (Wildman–Crippen MR) is 88.7 cm³/mol. The van der Waals surface area contributed by atoms with Gasteiger partial charge in [-0.05, 0) is 24.1 Å². The number of hydrogen-bond acceptors (Lipinski definition) is 4. The van der Waals surface area contributed by atoms with Crippen LogP contribution in [0.3, 0.4) is 0 Å². The summed E-state index contributed by atoms with van der Waals surface area (Å²) in [5.74, 6) is 1.21. The predicted octanol–water partition coefficient (Wildman–Crippen LogP) is 3.10. The number of methoxy groups -OCH3 is 2. The highest BCUT2D eigenvalue weighted by molar-refractivity contribution is 9.10. The molecular weight excluding hydrogens is 360 g/mol. The van der Waals surface area contributed by atoms with E-state index in [4.69, 9.17) is 14.2 Å². The van der Waals surface area contributed by atoms with Gasteiger partial charge in [-0.15, -0.1) is 0 Å². The molecule has 2 bridgehead atoms. The first kappa shape index (κ1) is 15.4. The summed E-state index contributed by atoms with van der Waals surface area (Å²) in [4.78, 5) is 13.0. The first-order chi connectivity index (χ1) is 11.1. The Labute approximate surface area is 143 Å². The molecule has 1 aromatic carbocycles. The number of Topliss-reactive ketones (excluding diaryl/α,β-unsaturated/α-hetero) is 1. The molecule has 2 fully saturated rings. The van der Waals surface area contributed by atoms with Crippen LogP contribution in [0, 0.1) is 11.8 Å². The summed E-state index contributed by atoms with van der Waals surface area (Å²) >= 11 is 3.46. The summed E-state index contributed by atoms with van der Waals surface area (Å²) in [7, 11) is 3.34. The Balaban J connectivity index is 1.63. The van der Waals surface area contributed by atoms with Gasteiger partial charge < -0.3 is 14.2 Å². The summed E-state index contributed by atoms with van der Waals surface area (Å²) in [6.07, 6.45) is 2.88. The topological polar surface area (TPSA) is 44.8 Å². The fraction of sp³-hybridized carbons (Fsp3) is 0.500. The molecule has 2 heterocycles. The van der Waals surface area contributed by atoms with Crippen molar-refractivity contribution in [2.45, 2.75) is 24.5 Å². The number of hydrogen-bond donors (Lipinski definition) is 0. The minimum Gasteiger partial charge on any atom is -0.496 e. The third-order valence-corrected chi connectivity index (χ3v) is 5.81. The Hall–Kier alpha value is -1.17. The number of ketones is 1. The van der Waals surface area contributed by atoms with Gasteiger partial charge in [-0.3, -0.25) is 4.79 Å². The van der Waals surface area contributed by atoms with Crippen LogP contribution in [0.1, 0.15) is 17.9 Å². The summed E-state index contributed by atoms with van der Waals surface area (Å²) in [6.45, 7) is 0.588. The second kappa shape index (κ2) is 5.72. The van der Waals surface area contributed by atoms with Crippen molar-refractivity contribution < 1.29 is 19.0 Å². The Morgan fingerprint density at radius 3 is 2.91 bits per heavy atom. The summed E-state index contributed by atoms with van der Waals surface area (Å²) < 4.78 is 17.7. The number of fused-ring (bicyclic) bond motifs is 5. The second-order valence-electron chi connectivity index (χ2n) is 6.46. The van der Waals surface area contributed by atoms with Crippen LogP contribution in [-0.2, 0) is 14.3 Å². The molecule has 3 unspecified atom stereocenters. The number of rotatable bonds is 4. The molecule has 0 radical (unpaired) electrons. The standard InChI is InChI=1S/C18H19BrO4/c1-21-8-9-5-15-16-13(18(9)23-15)7-12(17(16)20)11-4-3-10(19)6-14(11)22-2/h3-6,12-13,15-16,18H,7-8H2,1-2H3/t12?,13-,15?,16+,18?/m0/s1. The van der Waals surface area contributed by atoms with Crippen LogP contribution in [0.2, 0.25) is 0 Å². The van der Waals surface area contributed by atoms with E-state index in [2.05, 4.69) is 22.0 Å². The van der Waals surface area contributed by atoms with E-state index in [9.17, 15) is 4.79 Å². The molecule has 1 saturated carbocycles. The fourth-order valence-corrected chi connectivity index (χ4v) is 4.75. The average molecular weight is 379 g/mol. The minimum atomic E-state index is -0.0998. The van der Waals surface area contributed by atoms with Gasteiger partial charge in [-0.25, -0.2) is 0 Å². The Morgan fingerprint density at radius 2 is 2.17 bits per heavy atom. The monoisotopic (exact) mass is 378 g/mol. The molecule has 1 saturated heterocycles. The molecule has 1 aromatic rings. The number of carbonyl (C=O) groups is 1. The fourth-order valence-electron chi connectivity index (χ4n) is 4.41. The molecule has 1 aliphatic carbocycles. The van der Waals surface area contributed by atoms with E-state index >= 15 is 0 Å². The van der Waals surface area contributed by atoms with E-state index < -0.39 is 0 Å². The highest BCUT2D eigenvalue weighted by Gasteiger charge is 2.58. The maximum atomic E-state index is 13.0. The van der Waals surface area contributed by atoms with Crippen molar-refractivity contribution in [1.82, 2.24) is 0 Å². The zero-order chi connectivity index (χ0) is 16.1. The molecule has 0 amide bonds. The molecule has 5 atom stereocenters. The summed E-state index contributed by atoms with van der Waals surface area (Å²) in [5, 5.41) is 0. The lowest BCUT2D eigenvalue weighted by molar-refractivity contribution is -0.123. The molecule has 0 N–H and O–H groups in total. The van der Waals surface area contributed by atoms with Gasteiger partial charge in [-0.1, -0.05) is 28.1 Å². The molecule has 23 heavy (non-hydrogen) atoms. The van der Waals surface area contributed by atoms with Gasteiger partial charge in [0.25, 0.3) is 0 Å². The minimum absolute atomic E-state index is 0.0149. The van der Waals surface area contributed by atoms with E-state index in [0.29, 0.717) is 6.61 Å². The zero-order valence-corrected chi connectivity index (χ0v) is 14.7. The molecule has 0 aromatic heterocycles. The quantitative estimate of drug-likeness (QED) is 0.755. The lowest BCUT2D eigenvalue weighted by atomic mass is 9.82. The SMILES string of the molecule is COCC1=CC2OC1[C@H]1CC(c3ccc(Br)cc3OC)C(=O)[C@@H]21. The lowest BCUT2D eigenvalue weighted by Gasteiger charge is -2.20. The molecule has 4 rings (SSSR count). The van der Waals surface area contributed by atoms with Gasteiger partial charge in [-0.2, -0.15) is 0 Å². The van der Waals surface area contributed by atoms with E-state index in [1.165, 1.54) is 5.57 Å². The molecular formula is C18H19BrO4. The largest absolute Gasteiger partial charge is 0.496 e. The summed E-state index contributed by atoms with van der Waals surface area (Å²) in [5.41, 5.74) is 2.18. The van der Waals surface area contributed by atoms with E-state index in [1.54, 1.807) is 14.2 Å². The Morgan fingerprint density at radius 1 is 1.35 bits per heavy atom. The first-order valence-corrected chi connectivity index (χ1v) is 8.65. The number of benzene rings is 1. The van der Waals surface area contributed by atoms with Crippen LogP contribution >= 0.6 is 15.9 Å². The molecule has 3 aliphatic rings. The van der Waals surface area contributed by atoms with Crippen molar-refractivity contribution in [3.8, 4) is 5.75 Å². The van der Waals surface area contributed by atoms with Crippen molar-refractivity contribution in [3.63, 3.8) is 0 Å². The van der Waals surface area contributed by atoms with Crippen molar-refractivity contribution >= 4 is 21.7 Å². The van der Waals surface area contributed by atoms with Crippen LogP contribution in [0.15, 0.2) is 34.3 Å². The third kappa shape index (κ3) is 2.29. The van der Waals surface area contributed by atoms with Gasteiger partial charge in [0.15, 0.2) is 0 Å². The molecule has 122 valence electrons. The van der Waals surface area contributed by atoms with Crippen LogP contribution in [0.5, 0.6) is 5.75 Å².